The number of aromatic nitrogens is 1. The number of carbonyl (C=O) groups excluding carboxylic acids is 2. The van der Waals surface area contributed by atoms with E-state index < -0.39 is 11.9 Å². The highest BCUT2D eigenvalue weighted by atomic mass is 32.2. The summed E-state index contributed by atoms with van der Waals surface area (Å²) in [6, 6.07) is 4.33. The van der Waals surface area contributed by atoms with E-state index >= 15 is 0 Å². The molecule has 7 nitrogen and oxygen atoms in total. The number of nitrogens with one attached hydrogen (secondary N) is 1. The van der Waals surface area contributed by atoms with Crippen LogP contribution in [-0.2, 0) is 9.59 Å². The molecular weight excluding hydrogens is 270 g/mol. The van der Waals surface area contributed by atoms with E-state index in [0.29, 0.717) is 5.75 Å². The second kappa shape index (κ2) is 7.37. The zero-order chi connectivity index (χ0) is 14.3. The van der Waals surface area contributed by atoms with Gasteiger partial charge in [0.15, 0.2) is 5.69 Å². The summed E-state index contributed by atoms with van der Waals surface area (Å²) < 4.78 is 0. The van der Waals surface area contributed by atoms with Crippen LogP contribution >= 0.6 is 11.8 Å². The number of nitrogens with two attached hydrogens (primary N) is 1. The predicted molar refractivity (Wildman–Crippen MR) is 71.0 cm³/mol. The molecule has 0 aliphatic rings. The maximum atomic E-state index is 11.5. The minimum atomic E-state index is -1.16. The minimum Gasteiger partial charge on any atom is -0.477 e. The van der Waals surface area contributed by atoms with Crippen LogP contribution in [0, 0.1) is 0 Å². The molecule has 1 aromatic rings. The largest absolute Gasteiger partial charge is 0.477 e. The summed E-state index contributed by atoms with van der Waals surface area (Å²) >= 11 is 1.26. The normalized spacial score (nSPS) is 9.89. The van der Waals surface area contributed by atoms with Crippen molar-refractivity contribution in [3.05, 3.63) is 23.9 Å². The van der Waals surface area contributed by atoms with Crippen molar-refractivity contribution >= 4 is 35.4 Å². The molecule has 1 rings (SSSR count). The van der Waals surface area contributed by atoms with Gasteiger partial charge >= 0.3 is 5.97 Å². The van der Waals surface area contributed by atoms with Crippen LogP contribution in [0.1, 0.15) is 16.9 Å². The van der Waals surface area contributed by atoms with Crippen molar-refractivity contribution in [1.29, 1.82) is 0 Å². The molecule has 0 aromatic carbocycles. The summed E-state index contributed by atoms with van der Waals surface area (Å²) in [6.45, 7) is 0. The predicted octanol–water partition coefficient (Wildman–Crippen LogP) is 0.327. The molecule has 1 heterocycles. The van der Waals surface area contributed by atoms with Crippen LogP contribution in [0.25, 0.3) is 0 Å². The number of carboxylic acid groups (broad SMARTS) is 1. The van der Waals surface area contributed by atoms with Crippen LogP contribution < -0.4 is 11.1 Å². The SMILES string of the molecule is NC(=O)CSCCC(=O)Nc1cccc(C(=O)O)n1. The van der Waals surface area contributed by atoms with Gasteiger partial charge in [-0.15, -0.1) is 0 Å². The van der Waals surface area contributed by atoms with E-state index in [1.165, 1.54) is 30.0 Å². The molecule has 0 saturated heterocycles. The zero-order valence-electron chi connectivity index (χ0n) is 9.96. The van der Waals surface area contributed by atoms with Gasteiger partial charge in [0.05, 0.1) is 5.75 Å². The fourth-order valence-corrected chi connectivity index (χ4v) is 1.84. The highest BCUT2D eigenvalue weighted by Gasteiger charge is 2.08. The molecule has 8 heteroatoms. The van der Waals surface area contributed by atoms with Crippen LogP contribution in [0.3, 0.4) is 0 Å². The smallest absolute Gasteiger partial charge is 0.354 e. The fraction of sp³-hybridized carbons (Fsp3) is 0.273. The van der Waals surface area contributed by atoms with Gasteiger partial charge in [0, 0.05) is 12.2 Å². The number of carbonyl (C=O) groups is 3. The Kier molecular flexibility index (Phi) is 5.80. The highest BCUT2D eigenvalue weighted by molar-refractivity contribution is 7.99. The Morgan fingerprint density at radius 1 is 1.37 bits per heavy atom. The van der Waals surface area contributed by atoms with E-state index in [0.717, 1.165) is 0 Å². The Labute approximate surface area is 113 Å². The van der Waals surface area contributed by atoms with Crippen molar-refractivity contribution < 1.29 is 19.5 Å². The number of nitrogens with zero attached hydrogens (tertiary/aromatic N) is 1. The molecule has 2 amide bonds. The first-order chi connectivity index (χ1) is 8.99. The number of hydrogen-bond acceptors (Lipinski definition) is 5. The number of aromatic carboxylic acids is 1. The number of hydrogen-bond donors (Lipinski definition) is 3. The molecule has 0 bridgehead atoms. The Morgan fingerprint density at radius 2 is 2.11 bits per heavy atom. The van der Waals surface area contributed by atoms with Gasteiger partial charge in [-0.1, -0.05) is 6.07 Å². The lowest BCUT2D eigenvalue weighted by atomic mass is 10.3. The van der Waals surface area contributed by atoms with Crippen LogP contribution in [0.4, 0.5) is 5.82 Å². The van der Waals surface area contributed by atoms with E-state index in [4.69, 9.17) is 10.8 Å². The number of carboxylic acids is 1. The molecule has 4 N–H and O–H groups in total. The lowest BCUT2D eigenvalue weighted by Crippen LogP contribution is -2.16. The summed E-state index contributed by atoms with van der Waals surface area (Å²) in [6.07, 6.45) is 0.191. The summed E-state index contributed by atoms with van der Waals surface area (Å²) in [5, 5.41) is 11.2. The number of anilines is 1. The topological polar surface area (TPSA) is 122 Å². The quantitative estimate of drug-likeness (QED) is 0.620. The molecule has 19 heavy (non-hydrogen) atoms. The number of pyridine rings is 1. The van der Waals surface area contributed by atoms with Crippen molar-refractivity contribution in [2.24, 2.45) is 5.73 Å². The van der Waals surface area contributed by atoms with Crippen molar-refractivity contribution in [2.75, 3.05) is 16.8 Å². The van der Waals surface area contributed by atoms with Gasteiger partial charge in [0.2, 0.25) is 11.8 Å². The molecule has 0 aliphatic heterocycles. The van der Waals surface area contributed by atoms with Crippen LogP contribution in [0.2, 0.25) is 0 Å². The Morgan fingerprint density at radius 3 is 2.74 bits per heavy atom. The first-order valence-corrected chi connectivity index (χ1v) is 6.51. The average Bonchev–Trinajstić information content (AvgIpc) is 2.34. The molecule has 0 unspecified atom stereocenters. The Hall–Kier alpha value is -2.09. The van der Waals surface area contributed by atoms with Gasteiger partial charge in [0.25, 0.3) is 0 Å². The third-order valence-corrected chi connectivity index (χ3v) is 2.93. The van der Waals surface area contributed by atoms with Gasteiger partial charge in [-0.3, -0.25) is 9.59 Å². The van der Waals surface area contributed by atoms with Gasteiger partial charge in [0.1, 0.15) is 5.82 Å². The third kappa shape index (κ3) is 5.87. The molecular formula is C11H13N3O4S. The third-order valence-electron chi connectivity index (χ3n) is 1.95. The van der Waals surface area contributed by atoms with Gasteiger partial charge in [-0.25, -0.2) is 9.78 Å². The van der Waals surface area contributed by atoms with E-state index in [2.05, 4.69) is 10.3 Å². The molecule has 0 radical (unpaired) electrons. The molecule has 1 aromatic heterocycles. The summed E-state index contributed by atoms with van der Waals surface area (Å²) in [7, 11) is 0. The fourth-order valence-electron chi connectivity index (χ4n) is 1.17. The first-order valence-electron chi connectivity index (χ1n) is 5.35. The summed E-state index contributed by atoms with van der Waals surface area (Å²) in [4.78, 5) is 36.4. The number of thioether (sulfide) groups is 1. The zero-order valence-corrected chi connectivity index (χ0v) is 10.8. The molecule has 0 spiro atoms. The maximum Gasteiger partial charge on any atom is 0.354 e. The van der Waals surface area contributed by atoms with Gasteiger partial charge in [-0.2, -0.15) is 11.8 Å². The molecule has 0 saturated carbocycles. The maximum absolute atomic E-state index is 11.5. The van der Waals surface area contributed by atoms with E-state index in [1.54, 1.807) is 0 Å². The molecule has 0 aliphatic carbocycles. The minimum absolute atomic E-state index is 0.138. The molecule has 0 fully saturated rings. The lowest BCUT2D eigenvalue weighted by Gasteiger charge is -2.04. The van der Waals surface area contributed by atoms with Gasteiger partial charge < -0.3 is 16.2 Å². The van der Waals surface area contributed by atoms with Crippen molar-refractivity contribution in [1.82, 2.24) is 4.98 Å². The second-order valence-corrected chi connectivity index (χ2v) is 4.64. The van der Waals surface area contributed by atoms with Crippen molar-refractivity contribution in [2.45, 2.75) is 6.42 Å². The van der Waals surface area contributed by atoms with Crippen LogP contribution in [0.5, 0.6) is 0 Å². The van der Waals surface area contributed by atoms with E-state index in [-0.39, 0.29) is 29.6 Å². The number of rotatable bonds is 7. The average molecular weight is 283 g/mol. The Balaban J connectivity index is 2.42. The lowest BCUT2D eigenvalue weighted by molar-refractivity contribution is -0.116. The summed E-state index contributed by atoms with van der Waals surface area (Å²) in [5.74, 6) is -1.08. The Bertz CT molecular complexity index is 493. The summed E-state index contributed by atoms with van der Waals surface area (Å²) in [5.41, 5.74) is 4.81. The van der Waals surface area contributed by atoms with Crippen molar-refractivity contribution in [3.63, 3.8) is 0 Å². The monoisotopic (exact) mass is 283 g/mol. The highest BCUT2D eigenvalue weighted by Crippen LogP contribution is 2.07. The van der Waals surface area contributed by atoms with E-state index in [9.17, 15) is 14.4 Å². The van der Waals surface area contributed by atoms with E-state index in [1.807, 2.05) is 0 Å². The molecule has 102 valence electrons. The van der Waals surface area contributed by atoms with Crippen LogP contribution in [-0.4, -0.2) is 39.4 Å². The van der Waals surface area contributed by atoms with Crippen molar-refractivity contribution in [3.8, 4) is 0 Å². The first kappa shape index (κ1) is 15.0. The number of primary amides is 1. The standard InChI is InChI=1S/C11H13N3O4S/c12-8(15)6-19-5-4-10(16)14-9-3-1-2-7(13-9)11(17)18/h1-3H,4-6H2,(H2,12,15)(H,17,18)(H,13,14,16). The van der Waals surface area contributed by atoms with Crippen LogP contribution in [0.15, 0.2) is 18.2 Å². The number of amides is 2. The molecule has 0 atom stereocenters. The van der Waals surface area contributed by atoms with Gasteiger partial charge in [-0.05, 0) is 12.1 Å². The second-order valence-electron chi connectivity index (χ2n) is 3.53.